The normalized spacial score (nSPS) is 14.3. The lowest BCUT2D eigenvalue weighted by molar-refractivity contribution is 0.413. The van der Waals surface area contributed by atoms with Crippen LogP contribution in [0.1, 0.15) is 12.8 Å². The highest BCUT2D eigenvalue weighted by Gasteiger charge is 2.23. The fraction of sp³-hybridized carbons (Fsp3) is 0.273. The Kier molecular flexibility index (Phi) is 8.43. The average molecular weight is 527 g/mol. The number of methoxy groups -OCH3 is 1. The van der Waals surface area contributed by atoms with Crippen molar-refractivity contribution in [3.63, 3.8) is 0 Å². The van der Waals surface area contributed by atoms with Gasteiger partial charge in [-0.15, -0.1) is 12.4 Å². The minimum Gasteiger partial charge on any atom is -0.496 e. The second-order valence-electron chi connectivity index (χ2n) is 7.82. The Labute approximate surface area is 208 Å². The molecule has 0 amide bonds. The van der Waals surface area contributed by atoms with Gasteiger partial charge in [0.05, 0.1) is 36.4 Å². The third kappa shape index (κ3) is 6.54. The van der Waals surface area contributed by atoms with Crippen LogP contribution in [0, 0.1) is 11.6 Å². The summed E-state index contributed by atoms with van der Waals surface area (Å²) in [6.45, 7) is 1.14. The number of hydrogen-bond donors (Lipinski definition) is 3. The van der Waals surface area contributed by atoms with Crippen LogP contribution in [0.5, 0.6) is 5.75 Å². The van der Waals surface area contributed by atoms with Gasteiger partial charge in [0.15, 0.2) is 0 Å². The lowest BCUT2D eigenvalue weighted by Crippen LogP contribution is -2.46. The van der Waals surface area contributed by atoms with Crippen molar-refractivity contribution in [2.45, 2.75) is 18.9 Å². The molecule has 188 valence electrons. The topological polar surface area (TPSA) is 122 Å². The number of nitrogens with one attached hydrogen (secondary N) is 2. The van der Waals surface area contributed by atoms with Crippen LogP contribution in [-0.4, -0.2) is 44.6 Å². The maximum absolute atomic E-state index is 14.6. The summed E-state index contributed by atoms with van der Waals surface area (Å²) in [7, 11) is -2.32. The van der Waals surface area contributed by atoms with E-state index in [1.54, 1.807) is 18.2 Å². The SMILES string of the molecule is COc1cccc(F)c1-c1cncc(Nc2cc(N3CCC(NS(N)(=O)=O)CC3)ccc2F)n1.Cl. The molecule has 1 aromatic heterocycles. The maximum Gasteiger partial charge on any atom is 0.274 e. The van der Waals surface area contributed by atoms with Crippen LogP contribution in [-0.2, 0) is 10.2 Å². The number of benzene rings is 2. The number of nitrogens with zero attached hydrogens (tertiary/aromatic N) is 3. The van der Waals surface area contributed by atoms with Gasteiger partial charge in [0.25, 0.3) is 10.2 Å². The summed E-state index contributed by atoms with van der Waals surface area (Å²) in [6.07, 6.45) is 3.94. The number of aromatic nitrogens is 2. The first-order valence-corrected chi connectivity index (χ1v) is 12.0. The average Bonchev–Trinajstić information content (AvgIpc) is 2.80. The maximum atomic E-state index is 14.6. The molecule has 0 bridgehead atoms. The lowest BCUT2D eigenvalue weighted by atomic mass is 10.1. The van der Waals surface area contributed by atoms with Crippen LogP contribution in [0.3, 0.4) is 0 Å². The van der Waals surface area contributed by atoms with Gasteiger partial charge in [0.2, 0.25) is 0 Å². The van der Waals surface area contributed by atoms with E-state index in [2.05, 4.69) is 20.0 Å². The predicted molar refractivity (Wildman–Crippen MR) is 132 cm³/mol. The minimum absolute atomic E-state index is 0. The second-order valence-corrected chi connectivity index (χ2v) is 9.15. The highest BCUT2D eigenvalue weighted by Crippen LogP contribution is 2.32. The molecule has 1 aliphatic heterocycles. The predicted octanol–water partition coefficient (Wildman–Crippen LogP) is 3.36. The first-order valence-electron chi connectivity index (χ1n) is 10.5. The number of rotatable bonds is 7. The lowest BCUT2D eigenvalue weighted by Gasteiger charge is -2.33. The summed E-state index contributed by atoms with van der Waals surface area (Å²) in [5.74, 6) is -0.473. The van der Waals surface area contributed by atoms with Crippen molar-refractivity contribution in [3.05, 3.63) is 60.4 Å². The van der Waals surface area contributed by atoms with Gasteiger partial charge in [-0.1, -0.05) is 6.07 Å². The van der Waals surface area contributed by atoms with Crippen molar-refractivity contribution >= 4 is 39.8 Å². The highest BCUT2D eigenvalue weighted by atomic mass is 35.5. The summed E-state index contributed by atoms with van der Waals surface area (Å²) in [5.41, 5.74) is 1.33. The quantitative estimate of drug-likeness (QED) is 0.431. The van der Waals surface area contributed by atoms with E-state index >= 15 is 0 Å². The molecule has 0 unspecified atom stereocenters. The molecule has 4 rings (SSSR count). The zero-order valence-electron chi connectivity index (χ0n) is 18.7. The molecule has 1 fully saturated rings. The van der Waals surface area contributed by atoms with Gasteiger partial charge >= 0.3 is 0 Å². The zero-order chi connectivity index (χ0) is 24.3. The molecule has 9 nitrogen and oxygen atoms in total. The fourth-order valence-electron chi connectivity index (χ4n) is 3.90. The van der Waals surface area contributed by atoms with Gasteiger partial charge in [-0.2, -0.15) is 13.1 Å². The largest absolute Gasteiger partial charge is 0.496 e. The third-order valence-corrected chi connectivity index (χ3v) is 6.15. The Balaban J connectivity index is 0.00000342. The van der Waals surface area contributed by atoms with Crippen LogP contribution in [0.15, 0.2) is 48.8 Å². The third-order valence-electron chi connectivity index (χ3n) is 5.49. The Morgan fingerprint density at radius 3 is 2.54 bits per heavy atom. The Hall–Kier alpha value is -3.06. The standard InChI is InChI=1S/C22H24F2N6O3S.ClH/c1-33-20-4-2-3-17(24)22(20)19-12-26-13-21(28-19)27-18-11-15(5-6-16(18)23)30-9-7-14(8-10-30)29-34(25,31)32;/h2-6,11-14,29H,7-10H2,1H3,(H,27,28)(H2,25,31,32);1H. The monoisotopic (exact) mass is 526 g/mol. The van der Waals surface area contributed by atoms with E-state index in [1.807, 2.05) is 4.90 Å². The molecule has 1 aliphatic rings. The van der Waals surface area contributed by atoms with E-state index in [0.717, 1.165) is 5.69 Å². The van der Waals surface area contributed by atoms with Gasteiger partial charge in [0, 0.05) is 24.8 Å². The summed E-state index contributed by atoms with van der Waals surface area (Å²) >= 11 is 0. The van der Waals surface area contributed by atoms with E-state index in [4.69, 9.17) is 9.88 Å². The smallest absolute Gasteiger partial charge is 0.274 e. The molecule has 3 aromatic rings. The van der Waals surface area contributed by atoms with Crippen LogP contribution >= 0.6 is 12.4 Å². The van der Waals surface area contributed by atoms with Crippen molar-refractivity contribution in [2.24, 2.45) is 5.14 Å². The number of nitrogens with two attached hydrogens (primary N) is 1. The molecule has 2 aromatic carbocycles. The molecule has 0 spiro atoms. The van der Waals surface area contributed by atoms with Crippen molar-refractivity contribution in [2.75, 3.05) is 30.4 Å². The first-order chi connectivity index (χ1) is 16.2. The number of anilines is 3. The molecule has 1 saturated heterocycles. The van der Waals surface area contributed by atoms with Crippen molar-refractivity contribution < 1.29 is 21.9 Å². The summed E-state index contributed by atoms with van der Waals surface area (Å²) in [6, 6.07) is 8.83. The summed E-state index contributed by atoms with van der Waals surface area (Å²) in [4.78, 5) is 10.5. The summed E-state index contributed by atoms with van der Waals surface area (Å²) < 4.78 is 59.2. The van der Waals surface area contributed by atoms with Crippen LogP contribution in [0.2, 0.25) is 0 Å². The first kappa shape index (κ1) is 26.5. The van der Waals surface area contributed by atoms with Crippen LogP contribution < -0.4 is 24.8 Å². The number of halogens is 3. The Morgan fingerprint density at radius 2 is 1.86 bits per heavy atom. The summed E-state index contributed by atoms with van der Waals surface area (Å²) in [5, 5.41) is 7.96. The van der Waals surface area contributed by atoms with Gasteiger partial charge in [0.1, 0.15) is 23.2 Å². The molecule has 35 heavy (non-hydrogen) atoms. The van der Waals surface area contributed by atoms with Gasteiger partial charge in [-0.3, -0.25) is 4.98 Å². The molecule has 0 aliphatic carbocycles. The van der Waals surface area contributed by atoms with E-state index in [-0.39, 0.29) is 41.2 Å². The Morgan fingerprint density at radius 1 is 1.11 bits per heavy atom. The molecule has 0 atom stereocenters. The minimum atomic E-state index is -3.76. The van der Waals surface area contributed by atoms with Crippen molar-refractivity contribution in [3.8, 4) is 17.0 Å². The molecule has 2 heterocycles. The van der Waals surface area contributed by atoms with Gasteiger partial charge in [-0.05, 0) is 43.2 Å². The van der Waals surface area contributed by atoms with Gasteiger partial charge < -0.3 is 15.0 Å². The fourth-order valence-corrected chi connectivity index (χ4v) is 4.60. The van der Waals surface area contributed by atoms with Gasteiger partial charge in [-0.25, -0.2) is 18.9 Å². The molecule has 4 N–H and O–H groups in total. The zero-order valence-corrected chi connectivity index (χ0v) is 20.4. The number of ether oxygens (including phenoxy) is 1. The van der Waals surface area contributed by atoms with E-state index in [9.17, 15) is 17.2 Å². The highest BCUT2D eigenvalue weighted by molar-refractivity contribution is 7.87. The number of piperidine rings is 1. The van der Waals surface area contributed by atoms with E-state index in [1.165, 1.54) is 37.7 Å². The second kappa shape index (κ2) is 11.1. The van der Waals surface area contributed by atoms with Crippen LogP contribution in [0.4, 0.5) is 26.0 Å². The molecular formula is C22H25ClF2N6O3S. The van der Waals surface area contributed by atoms with E-state index < -0.39 is 21.8 Å². The molecule has 13 heteroatoms. The van der Waals surface area contributed by atoms with Crippen LogP contribution in [0.25, 0.3) is 11.3 Å². The van der Waals surface area contributed by atoms with Crippen molar-refractivity contribution in [1.29, 1.82) is 0 Å². The number of hydrogen-bond acceptors (Lipinski definition) is 7. The molecular weight excluding hydrogens is 502 g/mol. The molecule has 0 radical (unpaired) electrons. The van der Waals surface area contributed by atoms with Crippen molar-refractivity contribution in [1.82, 2.24) is 14.7 Å². The molecule has 0 saturated carbocycles. The Bertz CT molecular complexity index is 1290. The van der Waals surface area contributed by atoms with E-state index in [0.29, 0.717) is 31.7 Å².